The third kappa shape index (κ3) is 1.84. The van der Waals surface area contributed by atoms with Crippen molar-refractivity contribution in [1.29, 1.82) is 0 Å². The van der Waals surface area contributed by atoms with Gasteiger partial charge in [-0.1, -0.05) is 26.5 Å². The van der Waals surface area contributed by atoms with Crippen molar-refractivity contribution in [2.75, 3.05) is 0 Å². The Morgan fingerprint density at radius 1 is 1.50 bits per heavy atom. The minimum atomic E-state index is 0.0255. The molecule has 64 valence electrons. The molecule has 0 atom stereocenters. The molecule has 0 unspecified atom stereocenters. The number of aromatic nitrogens is 1. The van der Waals surface area contributed by atoms with Crippen molar-refractivity contribution in [3.8, 4) is 0 Å². The first-order valence-electron chi connectivity index (χ1n) is 3.96. The van der Waals surface area contributed by atoms with Gasteiger partial charge in [0.1, 0.15) is 11.5 Å². The molecule has 2 heteroatoms. The molecule has 0 saturated heterocycles. The van der Waals surface area contributed by atoms with Crippen molar-refractivity contribution in [2.24, 2.45) is 0 Å². The molecule has 1 aromatic rings. The minimum absolute atomic E-state index is 0.0255. The zero-order chi connectivity index (χ0) is 9.14. The molecule has 0 amide bonds. The third-order valence-corrected chi connectivity index (χ3v) is 1.66. The topological polar surface area (TPSA) is 33.1 Å². The van der Waals surface area contributed by atoms with Gasteiger partial charge in [0.2, 0.25) is 0 Å². The first-order valence-corrected chi connectivity index (χ1v) is 3.96. The maximum atomic E-state index is 9.07. The van der Waals surface area contributed by atoms with Crippen LogP contribution in [0.15, 0.2) is 24.8 Å². The summed E-state index contributed by atoms with van der Waals surface area (Å²) in [6.45, 7) is 7.54. The van der Waals surface area contributed by atoms with Crippen LogP contribution in [-0.2, 0) is 0 Å². The summed E-state index contributed by atoms with van der Waals surface area (Å²) in [7, 11) is 0. The smallest absolute Gasteiger partial charge is 0.134 e. The van der Waals surface area contributed by atoms with E-state index in [0.29, 0.717) is 11.6 Å². The van der Waals surface area contributed by atoms with E-state index in [1.54, 1.807) is 6.07 Å². The van der Waals surface area contributed by atoms with Crippen LogP contribution in [0.1, 0.15) is 31.2 Å². The molecular weight excluding hydrogens is 150 g/mol. The molecule has 1 rings (SSSR count). The van der Waals surface area contributed by atoms with Crippen LogP contribution in [0.2, 0.25) is 0 Å². The van der Waals surface area contributed by atoms with Gasteiger partial charge in [-0.2, -0.15) is 0 Å². The van der Waals surface area contributed by atoms with E-state index in [-0.39, 0.29) is 5.76 Å². The van der Waals surface area contributed by atoms with E-state index in [1.807, 2.05) is 12.1 Å². The molecule has 0 aromatic carbocycles. The second-order valence-corrected chi connectivity index (χ2v) is 3.05. The fourth-order valence-corrected chi connectivity index (χ4v) is 0.934. The molecule has 2 nitrogen and oxygen atoms in total. The zero-order valence-corrected chi connectivity index (χ0v) is 7.41. The molecule has 0 radical (unpaired) electrons. The van der Waals surface area contributed by atoms with Crippen LogP contribution in [0.25, 0.3) is 5.76 Å². The predicted octanol–water partition coefficient (Wildman–Crippen LogP) is 2.73. The summed E-state index contributed by atoms with van der Waals surface area (Å²) in [5, 5.41) is 9.07. The highest BCUT2D eigenvalue weighted by Gasteiger charge is 2.02. The Bertz CT molecular complexity index is 292. The monoisotopic (exact) mass is 163 g/mol. The van der Waals surface area contributed by atoms with Crippen LogP contribution in [0.3, 0.4) is 0 Å². The van der Waals surface area contributed by atoms with Crippen LogP contribution in [0, 0.1) is 0 Å². The Kier molecular flexibility index (Phi) is 2.48. The Labute approximate surface area is 72.6 Å². The Morgan fingerprint density at radius 2 is 2.17 bits per heavy atom. The number of pyridine rings is 1. The molecule has 0 aliphatic carbocycles. The van der Waals surface area contributed by atoms with Gasteiger partial charge in [-0.3, -0.25) is 0 Å². The SMILES string of the molecule is C=C(O)c1cccc(C(C)C)n1. The fourth-order valence-electron chi connectivity index (χ4n) is 0.934. The number of hydrogen-bond donors (Lipinski definition) is 1. The van der Waals surface area contributed by atoms with Gasteiger partial charge < -0.3 is 5.11 Å². The summed E-state index contributed by atoms with van der Waals surface area (Å²) in [5.74, 6) is 0.404. The van der Waals surface area contributed by atoms with E-state index in [1.165, 1.54) is 0 Å². The lowest BCUT2D eigenvalue weighted by Crippen LogP contribution is -1.95. The van der Waals surface area contributed by atoms with E-state index in [9.17, 15) is 0 Å². The second kappa shape index (κ2) is 3.39. The third-order valence-electron chi connectivity index (χ3n) is 1.66. The number of nitrogens with zero attached hydrogens (tertiary/aromatic N) is 1. The molecule has 1 N–H and O–H groups in total. The fraction of sp³-hybridized carbons (Fsp3) is 0.300. The summed E-state index contributed by atoms with van der Waals surface area (Å²) in [6, 6.07) is 5.56. The van der Waals surface area contributed by atoms with Crippen LogP contribution in [0.4, 0.5) is 0 Å². The maximum absolute atomic E-state index is 9.07. The number of aliphatic hydroxyl groups excluding tert-OH is 1. The van der Waals surface area contributed by atoms with Gasteiger partial charge in [0.15, 0.2) is 0 Å². The number of aliphatic hydroxyl groups is 1. The number of rotatable bonds is 2. The Hall–Kier alpha value is -1.31. The second-order valence-electron chi connectivity index (χ2n) is 3.05. The highest BCUT2D eigenvalue weighted by atomic mass is 16.3. The van der Waals surface area contributed by atoms with Crippen molar-refractivity contribution in [1.82, 2.24) is 4.98 Å². The van der Waals surface area contributed by atoms with Crippen molar-refractivity contribution >= 4 is 5.76 Å². The highest BCUT2D eigenvalue weighted by molar-refractivity contribution is 5.51. The Balaban J connectivity index is 3.04. The first kappa shape index (κ1) is 8.78. The van der Waals surface area contributed by atoms with Crippen molar-refractivity contribution in [3.05, 3.63) is 36.2 Å². The quantitative estimate of drug-likeness (QED) is 0.680. The van der Waals surface area contributed by atoms with Crippen LogP contribution >= 0.6 is 0 Å². The summed E-state index contributed by atoms with van der Waals surface area (Å²) in [4.78, 5) is 4.22. The van der Waals surface area contributed by atoms with Gasteiger partial charge in [-0.15, -0.1) is 0 Å². The normalized spacial score (nSPS) is 10.2. The molecule has 0 fully saturated rings. The van der Waals surface area contributed by atoms with Crippen molar-refractivity contribution < 1.29 is 5.11 Å². The first-order chi connectivity index (χ1) is 5.61. The zero-order valence-electron chi connectivity index (χ0n) is 7.41. The lowest BCUT2D eigenvalue weighted by atomic mass is 10.1. The summed E-state index contributed by atoms with van der Waals surface area (Å²) in [6.07, 6.45) is 0. The van der Waals surface area contributed by atoms with Crippen molar-refractivity contribution in [3.63, 3.8) is 0 Å². The lowest BCUT2D eigenvalue weighted by molar-refractivity contribution is 0.510. The van der Waals surface area contributed by atoms with E-state index in [0.717, 1.165) is 5.69 Å². The molecule has 0 saturated carbocycles. The predicted molar refractivity (Wildman–Crippen MR) is 50.0 cm³/mol. The number of hydrogen-bond acceptors (Lipinski definition) is 2. The molecule has 1 aromatic heterocycles. The van der Waals surface area contributed by atoms with Gasteiger partial charge in [-0.25, -0.2) is 4.98 Å². The molecular formula is C10H13NO. The Morgan fingerprint density at radius 3 is 2.67 bits per heavy atom. The van der Waals surface area contributed by atoms with Gasteiger partial charge in [0, 0.05) is 5.69 Å². The van der Waals surface area contributed by atoms with E-state index in [4.69, 9.17) is 5.11 Å². The largest absolute Gasteiger partial charge is 0.506 e. The van der Waals surface area contributed by atoms with Gasteiger partial charge in [0.25, 0.3) is 0 Å². The van der Waals surface area contributed by atoms with E-state index >= 15 is 0 Å². The molecule has 0 aliphatic rings. The average molecular weight is 163 g/mol. The standard InChI is InChI=1S/C10H13NO/c1-7(2)9-5-4-6-10(11-9)8(3)12/h4-7,12H,3H2,1-2H3. The molecule has 0 bridgehead atoms. The van der Waals surface area contributed by atoms with Crippen LogP contribution in [0.5, 0.6) is 0 Å². The summed E-state index contributed by atoms with van der Waals surface area (Å²) >= 11 is 0. The summed E-state index contributed by atoms with van der Waals surface area (Å²) < 4.78 is 0. The molecule has 0 spiro atoms. The maximum Gasteiger partial charge on any atom is 0.134 e. The van der Waals surface area contributed by atoms with Crippen LogP contribution in [-0.4, -0.2) is 10.1 Å². The van der Waals surface area contributed by atoms with Gasteiger partial charge in [0.05, 0.1) is 0 Å². The average Bonchev–Trinajstić information content (AvgIpc) is 2.04. The molecule has 0 aliphatic heterocycles. The lowest BCUT2D eigenvalue weighted by Gasteiger charge is -2.05. The van der Waals surface area contributed by atoms with Gasteiger partial charge >= 0.3 is 0 Å². The molecule has 12 heavy (non-hydrogen) atoms. The van der Waals surface area contributed by atoms with E-state index in [2.05, 4.69) is 25.4 Å². The minimum Gasteiger partial charge on any atom is -0.506 e. The van der Waals surface area contributed by atoms with Gasteiger partial charge in [-0.05, 0) is 18.1 Å². The van der Waals surface area contributed by atoms with Crippen LogP contribution < -0.4 is 0 Å². The molecule has 1 heterocycles. The van der Waals surface area contributed by atoms with E-state index < -0.39 is 0 Å². The van der Waals surface area contributed by atoms with Crippen molar-refractivity contribution in [2.45, 2.75) is 19.8 Å². The highest BCUT2D eigenvalue weighted by Crippen LogP contribution is 2.13. The summed E-state index contributed by atoms with van der Waals surface area (Å²) in [5.41, 5.74) is 1.53.